The maximum Gasteiger partial charge on any atom is 0.244 e. The van der Waals surface area contributed by atoms with Crippen LogP contribution in [0.5, 0.6) is 0 Å². The molecule has 2 unspecified atom stereocenters. The number of para-hydroxylation sites is 1. The summed E-state index contributed by atoms with van der Waals surface area (Å²) in [4.78, 5) is 41.6. The van der Waals surface area contributed by atoms with Gasteiger partial charge in [0.1, 0.15) is 6.04 Å². The third-order valence-electron chi connectivity index (χ3n) is 6.38. The summed E-state index contributed by atoms with van der Waals surface area (Å²) in [7, 11) is 0. The number of hydrogen-bond donors (Lipinski definition) is 3. The van der Waals surface area contributed by atoms with Gasteiger partial charge in [-0.05, 0) is 45.2 Å². The van der Waals surface area contributed by atoms with Gasteiger partial charge in [0.05, 0.1) is 16.6 Å². The fourth-order valence-corrected chi connectivity index (χ4v) is 7.57. The normalized spacial score (nSPS) is 31.9. The van der Waals surface area contributed by atoms with Crippen LogP contribution in [0.4, 0.5) is 5.69 Å². The van der Waals surface area contributed by atoms with Gasteiger partial charge in [-0.25, -0.2) is 0 Å². The van der Waals surface area contributed by atoms with Gasteiger partial charge < -0.3 is 20.6 Å². The Morgan fingerprint density at radius 1 is 1.27 bits per heavy atom. The largest absolute Gasteiger partial charge is 0.396 e. The van der Waals surface area contributed by atoms with Crippen molar-refractivity contribution in [1.82, 2.24) is 10.2 Å². The van der Waals surface area contributed by atoms with E-state index in [9.17, 15) is 19.5 Å². The Morgan fingerprint density at radius 3 is 2.67 bits per heavy atom. The van der Waals surface area contributed by atoms with Crippen molar-refractivity contribution in [3.05, 3.63) is 30.3 Å². The monoisotopic (exact) mass is 431 g/mol. The third-order valence-corrected chi connectivity index (χ3v) is 8.33. The number of carbonyl (C=O) groups excluding carboxylic acids is 3. The minimum absolute atomic E-state index is 0.0384. The number of aliphatic hydroxyl groups is 1. The number of nitrogens with one attached hydrogen (secondary N) is 2. The predicted molar refractivity (Wildman–Crippen MR) is 116 cm³/mol. The number of rotatable bonds is 7. The summed E-state index contributed by atoms with van der Waals surface area (Å²) in [5, 5.41) is 15.3. The molecule has 7 nitrogen and oxygen atoms in total. The van der Waals surface area contributed by atoms with Crippen LogP contribution in [0.15, 0.2) is 30.3 Å². The van der Waals surface area contributed by atoms with Gasteiger partial charge >= 0.3 is 0 Å². The fourth-order valence-electron chi connectivity index (χ4n) is 5.35. The number of nitrogens with zero attached hydrogens (tertiary/aromatic N) is 1. The standard InChI is InChI=1S/C22H29N3O4S/c1-13(2)23-20(28)18-22-10-9-15(30-22)16(17(22)21(29)25(18)11-6-12-26)19(27)24-14-7-4-3-5-8-14/h3-5,7-8,13,15-18,26H,6,9-12H2,1-2H3,(H,23,28)(H,24,27)/t15-,16+,17-,18?,22?/m0/s1. The highest BCUT2D eigenvalue weighted by molar-refractivity contribution is 8.02. The zero-order valence-corrected chi connectivity index (χ0v) is 18.2. The van der Waals surface area contributed by atoms with Gasteiger partial charge in [0.15, 0.2) is 0 Å². The van der Waals surface area contributed by atoms with Crippen molar-refractivity contribution in [2.24, 2.45) is 11.8 Å². The summed E-state index contributed by atoms with van der Waals surface area (Å²) in [5.41, 5.74) is 0.709. The Bertz CT molecular complexity index is 833. The molecule has 1 aromatic carbocycles. The molecule has 2 bridgehead atoms. The van der Waals surface area contributed by atoms with Crippen molar-refractivity contribution in [2.75, 3.05) is 18.5 Å². The third kappa shape index (κ3) is 3.39. The molecule has 1 spiro atoms. The van der Waals surface area contributed by atoms with Gasteiger partial charge in [-0.1, -0.05) is 18.2 Å². The second-order valence-electron chi connectivity index (χ2n) is 8.68. The van der Waals surface area contributed by atoms with Crippen LogP contribution in [0.3, 0.4) is 0 Å². The first kappa shape index (κ1) is 21.2. The molecular weight excluding hydrogens is 402 g/mol. The highest BCUT2D eigenvalue weighted by Gasteiger charge is 2.73. The van der Waals surface area contributed by atoms with Crippen LogP contribution in [0.1, 0.15) is 33.1 Å². The van der Waals surface area contributed by atoms with E-state index >= 15 is 0 Å². The molecule has 3 N–H and O–H groups in total. The lowest BCUT2D eigenvalue weighted by atomic mass is 9.70. The zero-order chi connectivity index (χ0) is 21.5. The SMILES string of the molecule is CC(C)NC(=O)C1N(CCCO)C(=O)[C@@H]2[C@H](C(=O)Nc3ccccc3)[C@@H]3CCC12S3. The number of amides is 3. The average molecular weight is 432 g/mol. The van der Waals surface area contributed by atoms with E-state index in [-0.39, 0.29) is 35.6 Å². The van der Waals surface area contributed by atoms with Crippen molar-refractivity contribution in [1.29, 1.82) is 0 Å². The van der Waals surface area contributed by atoms with Gasteiger partial charge in [-0.2, -0.15) is 0 Å². The van der Waals surface area contributed by atoms with Crippen molar-refractivity contribution >= 4 is 35.2 Å². The fraction of sp³-hybridized carbons (Fsp3) is 0.591. The Morgan fingerprint density at radius 2 is 2.00 bits per heavy atom. The lowest BCUT2D eigenvalue weighted by Crippen LogP contribution is -2.54. The molecule has 3 aliphatic heterocycles. The Balaban J connectivity index is 1.65. The minimum Gasteiger partial charge on any atom is -0.396 e. The van der Waals surface area contributed by atoms with Crippen LogP contribution in [0.2, 0.25) is 0 Å². The van der Waals surface area contributed by atoms with E-state index in [1.54, 1.807) is 16.7 Å². The molecular formula is C22H29N3O4S. The first-order chi connectivity index (χ1) is 14.4. The molecule has 30 heavy (non-hydrogen) atoms. The van der Waals surface area contributed by atoms with E-state index in [0.29, 0.717) is 18.7 Å². The predicted octanol–water partition coefficient (Wildman–Crippen LogP) is 1.62. The zero-order valence-electron chi connectivity index (χ0n) is 17.3. The van der Waals surface area contributed by atoms with Gasteiger partial charge in [-0.3, -0.25) is 14.4 Å². The topological polar surface area (TPSA) is 98.7 Å². The summed E-state index contributed by atoms with van der Waals surface area (Å²) in [6.45, 7) is 4.07. The van der Waals surface area contributed by atoms with Crippen LogP contribution in [0.25, 0.3) is 0 Å². The molecule has 1 aromatic rings. The van der Waals surface area contributed by atoms with Crippen molar-refractivity contribution in [3.8, 4) is 0 Å². The molecule has 3 aliphatic rings. The number of anilines is 1. The number of thioether (sulfide) groups is 1. The van der Waals surface area contributed by atoms with E-state index < -0.39 is 22.6 Å². The summed E-state index contributed by atoms with van der Waals surface area (Å²) in [5.74, 6) is -1.39. The summed E-state index contributed by atoms with van der Waals surface area (Å²) < 4.78 is -0.575. The van der Waals surface area contributed by atoms with Crippen LogP contribution < -0.4 is 10.6 Å². The molecule has 0 aliphatic carbocycles. The summed E-state index contributed by atoms with van der Waals surface area (Å²) in [6, 6.07) is 8.62. The first-order valence-electron chi connectivity index (χ1n) is 10.6. The second kappa shape index (κ2) is 8.23. The van der Waals surface area contributed by atoms with E-state index in [4.69, 9.17) is 0 Å². The van der Waals surface area contributed by atoms with Gasteiger partial charge in [-0.15, -0.1) is 11.8 Å². The van der Waals surface area contributed by atoms with Crippen LogP contribution >= 0.6 is 11.8 Å². The molecule has 3 amide bonds. The number of carbonyl (C=O) groups is 3. The summed E-state index contributed by atoms with van der Waals surface area (Å²) in [6.07, 6.45) is 1.98. The Kier molecular flexibility index (Phi) is 5.81. The molecule has 5 atom stereocenters. The van der Waals surface area contributed by atoms with E-state index in [2.05, 4.69) is 10.6 Å². The van der Waals surface area contributed by atoms with Crippen molar-refractivity contribution in [3.63, 3.8) is 0 Å². The quantitative estimate of drug-likeness (QED) is 0.609. The molecule has 8 heteroatoms. The minimum atomic E-state index is -0.603. The van der Waals surface area contributed by atoms with Gasteiger partial charge in [0.25, 0.3) is 0 Å². The molecule has 162 valence electrons. The van der Waals surface area contributed by atoms with E-state index in [0.717, 1.165) is 12.8 Å². The van der Waals surface area contributed by atoms with E-state index in [1.807, 2.05) is 44.2 Å². The Hall–Kier alpha value is -2.06. The van der Waals surface area contributed by atoms with Crippen LogP contribution in [-0.2, 0) is 14.4 Å². The molecule has 4 rings (SSSR count). The second-order valence-corrected chi connectivity index (χ2v) is 10.3. The van der Waals surface area contributed by atoms with Gasteiger partial charge in [0.2, 0.25) is 17.7 Å². The number of hydrogen-bond acceptors (Lipinski definition) is 5. The van der Waals surface area contributed by atoms with Crippen molar-refractivity contribution in [2.45, 2.75) is 55.2 Å². The van der Waals surface area contributed by atoms with Crippen molar-refractivity contribution < 1.29 is 19.5 Å². The number of fused-ring (bicyclic) bond motifs is 1. The molecule has 3 saturated heterocycles. The molecule has 0 saturated carbocycles. The number of aliphatic hydroxyl groups excluding tert-OH is 1. The molecule has 0 aromatic heterocycles. The average Bonchev–Trinajstić information content (AvgIpc) is 3.34. The molecule has 0 radical (unpaired) electrons. The van der Waals surface area contributed by atoms with E-state index in [1.165, 1.54) is 0 Å². The van der Waals surface area contributed by atoms with Crippen LogP contribution in [0, 0.1) is 11.8 Å². The Labute approximate surface area is 181 Å². The number of benzene rings is 1. The van der Waals surface area contributed by atoms with Crippen LogP contribution in [-0.4, -0.2) is 63.0 Å². The maximum absolute atomic E-state index is 13.5. The number of likely N-dealkylation sites (tertiary alicyclic amines) is 1. The first-order valence-corrected chi connectivity index (χ1v) is 11.5. The van der Waals surface area contributed by atoms with Gasteiger partial charge in [0, 0.05) is 30.1 Å². The molecule has 3 fully saturated rings. The lowest BCUT2D eigenvalue weighted by molar-refractivity contribution is -0.139. The lowest BCUT2D eigenvalue weighted by Gasteiger charge is -2.34. The maximum atomic E-state index is 13.5. The molecule has 3 heterocycles. The highest BCUT2D eigenvalue weighted by Crippen LogP contribution is 2.66. The smallest absolute Gasteiger partial charge is 0.244 e. The summed E-state index contributed by atoms with van der Waals surface area (Å²) >= 11 is 1.65. The highest BCUT2D eigenvalue weighted by atomic mass is 32.2.